The highest BCUT2D eigenvalue weighted by atomic mass is 79.9. The van der Waals surface area contributed by atoms with Gasteiger partial charge in [-0.3, -0.25) is 0 Å². The number of hydrogen-bond donors (Lipinski definition) is 1. The maximum atomic E-state index is 5.90. The van der Waals surface area contributed by atoms with Crippen molar-refractivity contribution in [1.29, 1.82) is 0 Å². The molecule has 1 saturated heterocycles. The summed E-state index contributed by atoms with van der Waals surface area (Å²) in [7, 11) is 0. The molecule has 1 aromatic heterocycles. The molecule has 2 aromatic rings. The summed E-state index contributed by atoms with van der Waals surface area (Å²) in [5.41, 5.74) is 7.38. The van der Waals surface area contributed by atoms with E-state index in [1.165, 1.54) is 0 Å². The standard InChI is InChI=1S/C13H16BrN5O/c1-13(2-4-20-5-3-13)19-12(16-17-18-19)9-6-10(14)8-11(15)7-9/h6-8H,2-5,15H2,1H3. The normalized spacial score (nSPS) is 18.1. The Balaban J connectivity index is 2.05. The number of nitrogen functional groups attached to an aromatic ring is 1. The molecule has 2 N–H and O–H groups in total. The summed E-state index contributed by atoms with van der Waals surface area (Å²) in [6, 6.07) is 5.71. The molecule has 0 saturated carbocycles. The van der Waals surface area contributed by atoms with Gasteiger partial charge in [0, 0.05) is 28.9 Å². The van der Waals surface area contributed by atoms with Crippen LogP contribution in [0.5, 0.6) is 0 Å². The Morgan fingerprint density at radius 3 is 2.75 bits per heavy atom. The van der Waals surface area contributed by atoms with Crippen molar-refractivity contribution >= 4 is 21.6 Å². The molecule has 3 rings (SSSR count). The van der Waals surface area contributed by atoms with E-state index in [-0.39, 0.29) is 5.54 Å². The third-order valence-corrected chi connectivity index (χ3v) is 4.19. The highest BCUT2D eigenvalue weighted by Gasteiger charge is 2.33. The Morgan fingerprint density at radius 1 is 1.30 bits per heavy atom. The molecular weight excluding hydrogens is 322 g/mol. The Hall–Kier alpha value is -1.47. The monoisotopic (exact) mass is 337 g/mol. The zero-order valence-corrected chi connectivity index (χ0v) is 12.8. The van der Waals surface area contributed by atoms with Gasteiger partial charge in [-0.2, -0.15) is 0 Å². The van der Waals surface area contributed by atoms with Crippen LogP contribution in [0.4, 0.5) is 5.69 Å². The van der Waals surface area contributed by atoms with Crippen molar-refractivity contribution in [1.82, 2.24) is 20.2 Å². The van der Waals surface area contributed by atoms with Gasteiger partial charge >= 0.3 is 0 Å². The summed E-state index contributed by atoms with van der Waals surface area (Å²) in [5.74, 6) is 0.738. The van der Waals surface area contributed by atoms with Gasteiger partial charge in [-0.05, 0) is 48.4 Å². The van der Waals surface area contributed by atoms with Gasteiger partial charge in [0.2, 0.25) is 0 Å². The lowest BCUT2D eigenvalue weighted by Gasteiger charge is -2.33. The number of rotatable bonds is 2. The molecule has 0 aliphatic carbocycles. The molecule has 0 unspecified atom stereocenters. The van der Waals surface area contributed by atoms with Crippen LogP contribution in [-0.2, 0) is 10.3 Å². The summed E-state index contributed by atoms with van der Waals surface area (Å²) < 4.78 is 8.25. The predicted octanol–water partition coefficient (Wildman–Crippen LogP) is 2.21. The zero-order chi connectivity index (χ0) is 14.2. The second kappa shape index (κ2) is 5.14. The molecule has 7 heteroatoms. The van der Waals surface area contributed by atoms with E-state index in [4.69, 9.17) is 10.5 Å². The van der Waals surface area contributed by atoms with E-state index in [0.29, 0.717) is 5.69 Å². The van der Waals surface area contributed by atoms with Crippen LogP contribution in [0.3, 0.4) is 0 Å². The van der Waals surface area contributed by atoms with Crippen LogP contribution in [0.1, 0.15) is 19.8 Å². The minimum absolute atomic E-state index is 0.117. The van der Waals surface area contributed by atoms with Crippen molar-refractivity contribution in [2.45, 2.75) is 25.3 Å². The Kier molecular flexibility index (Phi) is 3.47. The molecule has 2 heterocycles. The highest BCUT2D eigenvalue weighted by molar-refractivity contribution is 9.10. The summed E-state index contributed by atoms with van der Waals surface area (Å²) >= 11 is 3.45. The van der Waals surface area contributed by atoms with Gasteiger partial charge in [0.15, 0.2) is 5.82 Å². The van der Waals surface area contributed by atoms with E-state index < -0.39 is 0 Å². The number of aromatic nitrogens is 4. The predicted molar refractivity (Wildman–Crippen MR) is 79.1 cm³/mol. The lowest BCUT2D eigenvalue weighted by atomic mass is 9.92. The molecule has 0 spiro atoms. The van der Waals surface area contributed by atoms with Crippen LogP contribution < -0.4 is 5.73 Å². The number of ether oxygens (including phenoxy) is 1. The molecule has 0 bridgehead atoms. The first-order valence-corrected chi connectivity index (χ1v) is 7.31. The summed E-state index contributed by atoms with van der Waals surface area (Å²) in [4.78, 5) is 0. The van der Waals surface area contributed by atoms with Crippen molar-refractivity contribution < 1.29 is 4.74 Å². The number of tetrazole rings is 1. The van der Waals surface area contributed by atoms with Gasteiger partial charge in [0.1, 0.15) is 0 Å². The van der Waals surface area contributed by atoms with Gasteiger partial charge in [-0.15, -0.1) is 5.10 Å². The fraction of sp³-hybridized carbons (Fsp3) is 0.462. The maximum absolute atomic E-state index is 5.90. The molecule has 1 aliphatic heterocycles. The van der Waals surface area contributed by atoms with Gasteiger partial charge in [0.05, 0.1) is 5.54 Å². The number of nitrogens with two attached hydrogens (primary N) is 1. The number of benzene rings is 1. The molecule has 6 nitrogen and oxygen atoms in total. The lowest BCUT2D eigenvalue weighted by molar-refractivity contribution is 0.0240. The molecular formula is C13H16BrN5O. The molecule has 106 valence electrons. The van der Waals surface area contributed by atoms with Crippen molar-refractivity contribution in [3.63, 3.8) is 0 Å². The smallest absolute Gasteiger partial charge is 0.182 e. The second-order valence-corrected chi connectivity index (χ2v) is 6.21. The molecule has 1 aromatic carbocycles. The second-order valence-electron chi connectivity index (χ2n) is 5.30. The summed E-state index contributed by atoms with van der Waals surface area (Å²) in [6.07, 6.45) is 1.79. The van der Waals surface area contributed by atoms with Crippen LogP contribution in [-0.4, -0.2) is 33.4 Å². The van der Waals surface area contributed by atoms with E-state index in [1.807, 2.05) is 22.9 Å². The van der Waals surface area contributed by atoms with E-state index in [2.05, 4.69) is 38.4 Å². The third-order valence-electron chi connectivity index (χ3n) is 3.73. The van der Waals surface area contributed by atoms with Crippen LogP contribution in [0.2, 0.25) is 0 Å². The Labute approximate surface area is 125 Å². The van der Waals surface area contributed by atoms with Crippen molar-refractivity contribution in [3.05, 3.63) is 22.7 Å². The topological polar surface area (TPSA) is 78.9 Å². The van der Waals surface area contributed by atoms with E-state index in [1.54, 1.807) is 0 Å². The quantitative estimate of drug-likeness (QED) is 0.850. The van der Waals surface area contributed by atoms with Gasteiger partial charge < -0.3 is 10.5 Å². The number of anilines is 1. The SMILES string of the molecule is CC1(n2nnnc2-c2cc(N)cc(Br)c2)CCOCC1. The van der Waals surface area contributed by atoms with Gasteiger partial charge in [-0.1, -0.05) is 15.9 Å². The first-order valence-electron chi connectivity index (χ1n) is 6.51. The largest absolute Gasteiger partial charge is 0.399 e. The third kappa shape index (κ3) is 2.43. The lowest BCUT2D eigenvalue weighted by Crippen LogP contribution is -2.38. The Bertz CT molecular complexity index is 601. The number of nitrogens with zero attached hydrogens (tertiary/aromatic N) is 4. The highest BCUT2D eigenvalue weighted by Crippen LogP contribution is 2.32. The number of hydrogen-bond acceptors (Lipinski definition) is 5. The van der Waals surface area contributed by atoms with E-state index >= 15 is 0 Å². The van der Waals surface area contributed by atoms with Crippen LogP contribution in [0.25, 0.3) is 11.4 Å². The van der Waals surface area contributed by atoms with Crippen LogP contribution in [0.15, 0.2) is 22.7 Å². The fourth-order valence-electron chi connectivity index (χ4n) is 2.50. The van der Waals surface area contributed by atoms with Gasteiger partial charge in [-0.25, -0.2) is 4.68 Å². The van der Waals surface area contributed by atoms with Crippen LogP contribution in [0, 0.1) is 0 Å². The minimum Gasteiger partial charge on any atom is -0.399 e. The first-order chi connectivity index (χ1) is 9.58. The summed E-state index contributed by atoms with van der Waals surface area (Å²) in [5, 5.41) is 12.2. The van der Waals surface area contributed by atoms with Gasteiger partial charge in [0.25, 0.3) is 0 Å². The van der Waals surface area contributed by atoms with Crippen molar-refractivity contribution in [2.75, 3.05) is 18.9 Å². The number of halogens is 1. The molecule has 1 aliphatic rings. The molecule has 1 fully saturated rings. The van der Waals surface area contributed by atoms with Crippen LogP contribution >= 0.6 is 15.9 Å². The molecule has 0 radical (unpaired) electrons. The maximum Gasteiger partial charge on any atom is 0.182 e. The molecule has 20 heavy (non-hydrogen) atoms. The fourth-order valence-corrected chi connectivity index (χ4v) is 3.01. The average Bonchev–Trinajstić information content (AvgIpc) is 2.88. The Morgan fingerprint density at radius 2 is 2.05 bits per heavy atom. The average molecular weight is 338 g/mol. The van der Waals surface area contributed by atoms with E-state index in [0.717, 1.165) is 41.9 Å². The van der Waals surface area contributed by atoms with Crippen molar-refractivity contribution in [2.24, 2.45) is 0 Å². The first kappa shape index (κ1) is 13.5. The van der Waals surface area contributed by atoms with E-state index in [9.17, 15) is 0 Å². The minimum atomic E-state index is -0.117. The zero-order valence-electron chi connectivity index (χ0n) is 11.2. The van der Waals surface area contributed by atoms with Crippen molar-refractivity contribution in [3.8, 4) is 11.4 Å². The summed E-state index contributed by atoms with van der Waals surface area (Å²) in [6.45, 7) is 3.63. The molecule has 0 amide bonds. The molecule has 0 atom stereocenters.